The average molecular weight is 333 g/mol. The van der Waals surface area contributed by atoms with E-state index in [2.05, 4.69) is 10.1 Å². The molecule has 0 aromatic carbocycles. The first-order valence-electron chi connectivity index (χ1n) is 9.48. The Kier molecular flexibility index (Phi) is 4.57. The monoisotopic (exact) mass is 333 g/mol. The predicted molar refractivity (Wildman–Crippen MR) is 87.3 cm³/mol. The maximum absolute atomic E-state index is 12.1. The predicted octanol–water partition coefficient (Wildman–Crippen LogP) is 3.18. The number of carbonyl (C=O) groups excluding carboxylic acids is 1. The normalized spacial score (nSPS) is 27.6. The fourth-order valence-corrected chi connectivity index (χ4v) is 4.48. The van der Waals surface area contributed by atoms with Gasteiger partial charge in [0.15, 0.2) is 5.82 Å². The fraction of sp³-hybridized carbons (Fsp3) is 0.833. The first-order chi connectivity index (χ1) is 11.7. The van der Waals surface area contributed by atoms with E-state index in [4.69, 9.17) is 9.26 Å². The quantitative estimate of drug-likeness (QED) is 0.850. The van der Waals surface area contributed by atoms with Crippen molar-refractivity contribution in [1.82, 2.24) is 15.0 Å². The highest BCUT2D eigenvalue weighted by Gasteiger charge is 2.41. The molecule has 2 aliphatic heterocycles. The van der Waals surface area contributed by atoms with Gasteiger partial charge in [-0.3, -0.25) is 4.79 Å². The van der Waals surface area contributed by atoms with Crippen molar-refractivity contribution in [3.8, 4) is 0 Å². The Morgan fingerprint density at radius 2 is 2.04 bits per heavy atom. The summed E-state index contributed by atoms with van der Waals surface area (Å²) in [7, 11) is 0. The molecule has 0 N–H and O–H groups in total. The van der Waals surface area contributed by atoms with Gasteiger partial charge in [-0.05, 0) is 38.5 Å². The zero-order chi connectivity index (χ0) is 16.4. The number of rotatable bonds is 3. The van der Waals surface area contributed by atoms with Crippen LogP contribution in [-0.4, -0.2) is 39.7 Å². The Morgan fingerprint density at radius 1 is 1.17 bits per heavy atom. The molecular weight excluding hydrogens is 306 g/mol. The molecule has 0 radical (unpaired) electrons. The summed E-state index contributed by atoms with van der Waals surface area (Å²) in [5.74, 6) is 1.92. The van der Waals surface area contributed by atoms with Gasteiger partial charge in [-0.1, -0.05) is 24.4 Å². The van der Waals surface area contributed by atoms with Gasteiger partial charge in [0.2, 0.25) is 11.8 Å². The van der Waals surface area contributed by atoms with Gasteiger partial charge in [0.25, 0.3) is 0 Å². The van der Waals surface area contributed by atoms with Crippen molar-refractivity contribution in [2.45, 2.75) is 82.3 Å². The van der Waals surface area contributed by atoms with Crippen molar-refractivity contribution in [2.24, 2.45) is 0 Å². The summed E-state index contributed by atoms with van der Waals surface area (Å²) in [6, 6.07) is 0. The van der Waals surface area contributed by atoms with Crippen LogP contribution in [0.25, 0.3) is 0 Å². The molecule has 1 aliphatic carbocycles. The average Bonchev–Trinajstić information content (AvgIpc) is 3.18. The maximum Gasteiger partial charge on any atom is 0.246 e. The molecule has 0 bridgehead atoms. The van der Waals surface area contributed by atoms with E-state index in [1.165, 1.54) is 12.8 Å². The first-order valence-corrected chi connectivity index (χ1v) is 9.48. The van der Waals surface area contributed by atoms with Crippen LogP contribution in [0.4, 0.5) is 0 Å². The molecule has 132 valence electrons. The van der Waals surface area contributed by atoms with E-state index in [1.807, 2.05) is 4.90 Å². The van der Waals surface area contributed by atoms with E-state index in [0.29, 0.717) is 24.8 Å². The molecule has 6 heteroatoms. The molecular formula is C18H27N3O3. The van der Waals surface area contributed by atoms with Crippen LogP contribution in [-0.2, 0) is 16.1 Å². The SMILES string of the molecule is O=C1CCCCCN1Cc1nc(C2CCOC3(CCCC3)C2)no1. The minimum atomic E-state index is 0.0600. The number of likely N-dealkylation sites (tertiary alicyclic amines) is 1. The fourth-order valence-electron chi connectivity index (χ4n) is 4.48. The lowest BCUT2D eigenvalue weighted by Gasteiger charge is -2.37. The summed E-state index contributed by atoms with van der Waals surface area (Å²) in [6.45, 7) is 2.05. The van der Waals surface area contributed by atoms with Crippen molar-refractivity contribution >= 4 is 5.91 Å². The number of amides is 1. The van der Waals surface area contributed by atoms with Gasteiger partial charge < -0.3 is 14.2 Å². The van der Waals surface area contributed by atoms with Gasteiger partial charge in [0, 0.05) is 25.5 Å². The lowest BCUT2D eigenvalue weighted by molar-refractivity contribution is -0.131. The van der Waals surface area contributed by atoms with Crippen molar-refractivity contribution < 1.29 is 14.1 Å². The van der Waals surface area contributed by atoms with Gasteiger partial charge in [-0.2, -0.15) is 4.98 Å². The molecule has 1 spiro atoms. The summed E-state index contributed by atoms with van der Waals surface area (Å²) in [6.07, 6.45) is 10.7. The summed E-state index contributed by atoms with van der Waals surface area (Å²) >= 11 is 0. The third kappa shape index (κ3) is 3.34. The second-order valence-corrected chi connectivity index (χ2v) is 7.60. The third-order valence-electron chi connectivity index (χ3n) is 5.85. The van der Waals surface area contributed by atoms with E-state index in [-0.39, 0.29) is 11.5 Å². The molecule has 4 rings (SSSR count). The van der Waals surface area contributed by atoms with Gasteiger partial charge >= 0.3 is 0 Å². The van der Waals surface area contributed by atoms with E-state index in [0.717, 1.165) is 63.9 Å². The minimum absolute atomic E-state index is 0.0600. The lowest BCUT2D eigenvalue weighted by atomic mass is 9.84. The molecule has 1 unspecified atom stereocenters. The van der Waals surface area contributed by atoms with Gasteiger partial charge in [0.05, 0.1) is 12.1 Å². The highest BCUT2D eigenvalue weighted by molar-refractivity contribution is 5.76. The van der Waals surface area contributed by atoms with E-state index < -0.39 is 0 Å². The zero-order valence-corrected chi connectivity index (χ0v) is 14.3. The standard InChI is InChI=1S/C18H27N3O3/c22-16-6-2-1-5-10-21(16)13-15-19-17(20-24-15)14-7-11-23-18(12-14)8-3-4-9-18/h14H,1-13H2. The van der Waals surface area contributed by atoms with Crippen LogP contribution >= 0.6 is 0 Å². The molecule has 1 aromatic heterocycles. The Bertz CT molecular complexity index is 580. The molecule has 3 heterocycles. The molecule has 24 heavy (non-hydrogen) atoms. The second-order valence-electron chi connectivity index (χ2n) is 7.60. The Balaban J connectivity index is 1.41. The van der Waals surface area contributed by atoms with Crippen LogP contribution < -0.4 is 0 Å². The van der Waals surface area contributed by atoms with Crippen LogP contribution in [0.3, 0.4) is 0 Å². The van der Waals surface area contributed by atoms with Crippen molar-refractivity contribution in [3.05, 3.63) is 11.7 Å². The Hall–Kier alpha value is -1.43. The highest BCUT2D eigenvalue weighted by Crippen LogP contribution is 2.44. The minimum Gasteiger partial charge on any atom is -0.375 e. The molecule has 1 amide bonds. The summed E-state index contributed by atoms with van der Waals surface area (Å²) in [5, 5.41) is 4.23. The Labute approximate surface area is 142 Å². The first kappa shape index (κ1) is 16.1. The molecule has 6 nitrogen and oxygen atoms in total. The second kappa shape index (κ2) is 6.82. The Morgan fingerprint density at radius 3 is 2.92 bits per heavy atom. The topological polar surface area (TPSA) is 68.5 Å². The van der Waals surface area contributed by atoms with E-state index >= 15 is 0 Å². The molecule has 3 fully saturated rings. The van der Waals surface area contributed by atoms with Crippen molar-refractivity contribution in [2.75, 3.05) is 13.2 Å². The number of aromatic nitrogens is 2. The smallest absolute Gasteiger partial charge is 0.246 e. The summed E-state index contributed by atoms with van der Waals surface area (Å²) in [4.78, 5) is 18.6. The molecule has 1 aromatic rings. The van der Waals surface area contributed by atoms with Crippen molar-refractivity contribution in [1.29, 1.82) is 0 Å². The van der Waals surface area contributed by atoms with Gasteiger partial charge in [0.1, 0.15) is 0 Å². The summed E-state index contributed by atoms with van der Waals surface area (Å²) < 4.78 is 11.6. The lowest BCUT2D eigenvalue weighted by Crippen LogP contribution is -2.36. The number of nitrogens with zero attached hydrogens (tertiary/aromatic N) is 3. The molecule has 2 saturated heterocycles. The van der Waals surface area contributed by atoms with Crippen LogP contribution in [0.2, 0.25) is 0 Å². The number of carbonyl (C=O) groups is 1. The third-order valence-corrected chi connectivity index (χ3v) is 5.85. The molecule has 3 aliphatic rings. The summed E-state index contributed by atoms with van der Waals surface area (Å²) in [5.41, 5.74) is 0.0600. The van der Waals surface area contributed by atoms with E-state index in [9.17, 15) is 4.79 Å². The molecule has 1 atom stereocenters. The van der Waals surface area contributed by atoms with Crippen LogP contribution in [0.5, 0.6) is 0 Å². The zero-order valence-electron chi connectivity index (χ0n) is 14.3. The van der Waals surface area contributed by atoms with Crippen molar-refractivity contribution in [3.63, 3.8) is 0 Å². The van der Waals surface area contributed by atoms with E-state index in [1.54, 1.807) is 0 Å². The number of hydrogen-bond donors (Lipinski definition) is 0. The number of hydrogen-bond acceptors (Lipinski definition) is 5. The van der Waals surface area contributed by atoms with Gasteiger partial charge in [-0.25, -0.2) is 0 Å². The highest BCUT2D eigenvalue weighted by atomic mass is 16.5. The van der Waals surface area contributed by atoms with Crippen LogP contribution in [0.1, 0.15) is 81.8 Å². The van der Waals surface area contributed by atoms with Crippen LogP contribution in [0, 0.1) is 0 Å². The number of ether oxygens (including phenoxy) is 1. The van der Waals surface area contributed by atoms with Crippen LogP contribution in [0.15, 0.2) is 4.52 Å². The van der Waals surface area contributed by atoms with Gasteiger partial charge in [-0.15, -0.1) is 0 Å². The largest absolute Gasteiger partial charge is 0.375 e. The maximum atomic E-state index is 12.1. The molecule has 1 saturated carbocycles.